The molecule has 0 aliphatic rings. The van der Waals surface area contributed by atoms with Crippen LogP contribution in [0.1, 0.15) is 38.9 Å². The summed E-state index contributed by atoms with van der Waals surface area (Å²) in [5.41, 5.74) is 10.7. The lowest BCUT2D eigenvalue weighted by atomic mass is 9.99. The van der Waals surface area contributed by atoms with E-state index in [1.165, 1.54) is 44.6 Å². The first-order chi connectivity index (χ1) is 9.38. The van der Waals surface area contributed by atoms with Crippen LogP contribution in [0.4, 0.5) is 5.69 Å². The monoisotopic (exact) mass is 267 g/mol. The van der Waals surface area contributed by atoms with Crippen LogP contribution in [-0.4, -0.2) is 0 Å². The number of rotatable bonds is 3. The number of nitrogens with one attached hydrogen (secondary N) is 1. The summed E-state index contributed by atoms with van der Waals surface area (Å²) in [5, 5.41) is 3.63. The molecule has 0 aliphatic heterocycles. The van der Waals surface area contributed by atoms with Gasteiger partial charge in [0, 0.05) is 12.2 Å². The first-order valence-electron chi connectivity index (χ1n) is 7.27. The largest absolute Gasteiger partial charge is 0.381 e. The summed E-state index contributed by atoms with van der Waals surface area (Å²) in [5.74, 6) is 0. The van der Waals surface area contributed by atoms with E-state index in [1.807, 2.05) is 0 Å². The number of hydrogen-bond acceptors (Lipinski definition) is 1. The minimum atomic E-state index is 0.892. The topological polar surface area (TPSA) is 12.0 Å². The van der Waals surface area contributed by atoms with Gasteiger partial charge in [0.05, 0.1) is 0 Å². The molecule has 2 aromatic rings. The maximum atomic E-state index is 3.63. The van der Waals surface area contributed by atoms with Crippen molar-refractivity contribution in [3.63, 3.8) is 0 Å². The lowest BCUT2D eigenvalue weighted by molar-refractivity contribution is 1.07. The van der Waals surface area contributed by atoms with Gasteiger partial charge in [0.15, 0.2) is 0 Å². The Kier molecular flexibility index (Phi) is 4.17. The van der Waals surface area contributed by atoms with Gasteiger partial charge < -0.3 is 5.32 Å². The van der Waals surface area contributed by atoms with E-state index < -0.39 is 0 Å². The van der Waals surface area contributed by atoms with Crippen molar-refractivity contribution in [1.82, 2.24) is 0 Å². The molecular weight excluding hydrogens is 242 g/mol. The summed E-state index contributed by atoms with van der Waals surface area (Å²) >= 11 is 0. The summed E-state index contributed by atoms with van der Waals surface area (Å²) < 4.78 is 0. The zero-order chi connectivity index (χ0) is 14.9. The molecule has 0 spiro atoms. The van der Waals surface area contributed by atoms with Crippen LogP contribution in [0.3, 0.4) is 0 Å². The molecule has 0 heterocycles. The Morgan fingerprint density at radius 1 is 0.650 bits per heavy atom. The molecule has 0 saturated carbocycles. The van der Waals surface area contributed by atoms with Gasteiger partial charge in [0.25, 0.3) is 0 Å². The maximum absolute atomic E-state index is 3.63. The molecule has 0 atom stereocenters. The number of aryl methyl sites for hydroxylation is 6. The molecule has 106 valence electrons. The standard InChI is InChI=1S/C19H25N/c1-12-7-14(3)18(15(4)8-12)11-20-19-16(5)9-13(2)10-17(19)6/h7-10,20H,11H2,1-6H3. The molecule has 0 saturated heterocycles. The van der Waals surface area contributed by atoms with Crippen molar-refractivity contribution < 1.29 is 0 Å². The molecule has 1 heteroatoms. The Hall–Kier alpha value is -1.76. The van der Waals surface area contributed by atoms with Gasteiger partial charge >= 0.3 is 0 Å². The molecular formula is C19H25N. The maximum Gasteiger partial charge on any atom is 0.0406 e. The van der Waals surface area contributed by atoms with Gasteiger partial charge in [-0.05, 0) is 69.4 Å². The van der Waals surface area contributed by atoms with Crippen molar-refractivity contribution in [3.8, 4) is 0 Å². The molecule has 1 nitrogen and oxygen atoms in total. The van der Waals surface area contributed by atoms with E-state index in [1.54, 1.807) is 0 Å². The highest BCUT2D eigenvalue weighted by Gasteiger charge is 2.07. The van der Waals surface area contributed by atoms with Gasteiger partial charge in [-0.1, -0.05) is 35.4 Å². The minimum absolute atomic E-state index is 0.892. The minimum Gasteiger partial charge on any atom is -0.381 e. The number of anilines is 1. The third-order valence-electron chi connectivity index (χ3n) is 3.96. The van der Waals surface area contributed by atoms with Crippen molar-refractivity contribution in [2.24, 2.45) is 0 Å². The second-order valence-electron chi connectivity index (χ2n) is 6.00. The fourth-order valence-electron chi connectivity index (χ4n) is 3.12. The highest BCUT2D eigenvalue weighted by atomic mass is 14.9. The first-order valence-corrected chi connectivity index (χ1v) is 7.27. The van der Waals surface area contributed by atoms with Crippen molar-refractivity contribution in [2.45, 2.75) is 48.1 Å². The Morgan fingerprint density at radius 3 is 1.50 bits per heavy atom. The Morgan fingerprint density at radius 2 is 1.05 bits per heavy atom. The molecule has 1 N–H and O–H groups in total. The van der Waals surface area contributed by atoms with E-state index in [9.17, 15) is 0 Å². The third kappa shape index (κ3) is 3.04. The molecule has 2 aromatic carbocycles. The van der Waals surface area contributed by atoms with Crippen molar-refractivity contribution >= 4 is 5.69 Å². The quantitative estimate of drug-likeness (QED) is 0.811. The Balaban J connectivity index is 2.26. The zero-order valence-corrected chi connectivity index (χ0v) is 13.5. The Bertz CT molecular complexity index is 535. The normalized spacial score (nSPS) is 10.7. The van der Waals surface area contributed by atoms with Gasteiger partial charge in [-0.3, -0.25) is 0 Å². The van der Waals surface area contributed by atoms with Gasteiger partial charge in [-0.15, -0.1) is 0 Å². The number of hydrogen-bond donors (Lipinski definition) is 1. The van der Waals surface area contributed by atoms with Crippen LogP contribution in [0, 0.1) is 41.5 Å². The summed E-state index contributed by atoms with van der Waals surface area (Å²) in [4.78, 5) is 0. The zero-order valence-electron chi connectivity index (χ0n) is 13.5. The predicted octanol–water partition coefficient (Wildman–Crippen LogP) is 5.15. The van der Waals surface area contributed by atoms with Crippen molar-refractivity contribution in [1.29, 1.82) is 0 Å². The summed E-state index contributed by atoms with van der Waals surface area (Å²) in [7, 11) is 0. The van der Waals surface area contributed by atoms with Crippen LogP contribution in [0.5, 0.6) is 0 Å². The molecule has 0 unspecified atom stereocenters. The second kappa shape index (κ2) is 5.70. The van der Waals surface area contributed by atoms with Crippen LogP contribution >= 0.6 is 0 Å². The number of benzene rings is 2. The molecule has 0 fully saturated rings. The van der Waals surface area contributed by atoms with E-state index in [0.29, 0.717) is 0 Å². The first kappa shape index (κ1) is 14.6. The summed E-state index contributed by atoms with van der Waals surface area (Å²) in [6, 6.07) is 9.01. The second-order valence-corrected chi connectivity index (χ2v) is 6.00. The van der Waals surface area contributed by atoms with Gasteiger partial charge in [0.2, 0.25) is 0 Å². The molecule has 0 bridgehead atoms. The average molecular weight is 267 g/mol. The highest BCUT2D eigenvalue weighted by Crippen LogP contribution is 2.24. The molecule has 0 amide bonds. The van der Waals surface area contributed by atoms with Gasteiger partial charge in [-0.25, -0.2) is 0 Å². The molecule has 2 rings (SSSR count). The fraction of sp³-hybridized carbons (Fsp3) is 0.368. The van der Waals surface area contributed by atoms with Crippen LogP contribution in [-0.2, 0) is 6.54 Å². The van der Waals surface area contributed by atoms with E-state index in [2.05, 4.69) is 71.1 Å². The smallest absolute Gasteiger partial charge is 0.0406 e. The van der Waals surface area contributed by atoms with E-state index in [4.69, 9.17) is 0 Å². The van der Waals surface area contributed by atoms with Crippen LogP contribution in [0.25, 0.3) is 0 Å². The molecule has 0 radical (unpaired) electrons. The van der Waals surface area contributed by atoms with Crippen LogP contribution in [0.15, 0.2) is 24.3 Å². The SMILES string of the molecule is Cc1cc(C)c(CNc2c(C)cc(C)cc2C)c(C)c1. The van der Waals surface area contributed by atoms with Gasteiger partial charge in [0.1, 0.15) is 0 Å². The average Bonchev–Trinajstić information content (AvgIpc) is 2.30. The summed E-state index contributed by atoms with van der Waals surface area (Å²) in [6.07, 6.45) is 0. The lowest BCUT2D eigenvalue weighted by Gasteiger charge is -2.17. The Labute approximate surface area is 123 Å². The van der Waals surface area contributed by atoms with E-state index in [-0.39, 0.29) is 0 Å². The fourth-order valence-corrected chi connectivity index (χ4v) is 3.12. The van der Waals surface area contributed by atoms with Crippen LogP contribution in [0.2, 0.25) is 0 Å². The van der Waals surface area contributed by atoms with E-state index >= 15 is 0 Å². The molecule has 0 aromatic heterocycles. The molecule has 20 heavy (non-hydrogen) atoms. The molecule has 0 aliphatic carbocycles. The van der Waals surface area contributed by atoms with Gasteiger partial charge in [-0.2, -0.15) is 0 Å². The van der Waals surface area contributed by atoms with E-state index in [0.717, 1.165) is 6.54 Å². The third-order valence-corrected chi connectivity index (χ3v) is 3.96. The predicted molar refractivity (Wildman–Crippen MR) is 88.6 cm³/mol. The summed E-state index contributed by atoms with van der Waals surface area (Å²) in [6.45, 7) is 14.0. The lowest BCUT2D eigenvalue weighted by Crippen LogP contribution is -2.06. The highest BCUT2D eigenvalue weighted by molar-refractivity contribution is 5.58. The van der Waals surface area contributed by atoms with Crippen LogP contribution < -0.4 is 5.32 Å². The van der Waals surface area contributed by atoms with Crippen molar-refractivity contribution in [2.75, 3.05) is 5.32 Å². The van der Waals surface area contributed by atoms with Crippen molar-refractivity contribution in [3.05, 3.63) is 63.2 Å².